The highest BCUT2D eigenvalue weighted by atomic mass is 16.7. The zero-order valence-corrected chi connectivity index (χ0v) is 16.1. The summed E-state index contributed by atoms with van der Waals surface area (Å²) in [4.78, 5) is 42.2. The minimum absolute atomic E-state index is 0.164. The molecule has 13 heteroatoms. The molecule has 0 saturated carbocycles. The molecule has 0 heterocycles. The average Bonchev–Trinajstić information content (AvgIpc) is 2.73. The SMILES string of the molecule is O=[N+]([O-])C(CCOCCC(c1ccccc1)([N+](=O)[O-])[N+](=O)[O-])(c1ccccc1)[N+](=O)[O-]. The van der Waals surface area contributed by atoms with Gasteiger partial charge in [-0.3, -0.25) is 40.5 Å². The third-order valence-corrected chi connectivity index (χ3v) is 4.87. The Labute approximate surface area is 174 Å². The van der Waals surface area contributed by atoms with Gasteiger partial charge in [-0.15, -0.1) is 0 Å². The first-order chi connectivity index (χ1) is 14.7. The largest absolute Gasteiger partial charge is 0.486 e. The number of hydrogen-bond donors (Lipinski definition) is 0. The molecule has 0 unspecified atom stereocenters. The molecule has 0 radical (unpaired) electrons. The number of hydrogen-bond acceptors (Lipinski definition) is 9. The molecule has 2 rings (SSSR count). The molecule has 0 aromatic heterocycles. The van der Waals surface area contributed by atoms with Gasteiger partial charge in [-0.25, -0.2) is 0 Å². The highest BCUT2D eigenvalue weighted by molar-refractivity contribution is 5.20. The molecule has 2 aromatic rings. The monoisotopic (exact) mass is 434 g/mol. The van der Waals surface area contributed by atoms with E-state index in [1.54, 1.807) is 12.1 Å². The van der Waals surface area contributed by atoms with E-state index in [2.05, 4.69) is 0 Å². The average molecular weight is 434 g/mol. The van der Waals surface area contributed by atoms with E-state index in [1.165, 1.54) is 48.5 Å². The Morgan fingerprint density at radius 1 is 0.581 bits per heavy atom. The molecule has 0 spiro atoms. The number of nitrogens with zero attached hydrogens (tertiary/aromatic N) is 4. The quantitative estimate of drug-likeness (QED) is 0.210. The van der Waals surface area contributed by atoms with Gasteiger partial charge >= 0.3 is 11.3 Å². The molecule has 0 aliphatic carbocycles. The number of ether oxygens (including phenoxy) is 1. The van der Waals surface area contributed by atoms with Crippen LogP contribution in [0.2, 0.25) is 0 Å². The molecule has 0 atom stereocenters. The van der Waals surface area contributed by atoms with E-state index in [9.17, 15) is 40.5 Å². The summed E-state index contributed by atoms with van der Waals surface area (Å²) in [6.07, 6.45) is -1.35. The Morgan fingerprint density at radius 2 is 0.871 bits per heavy atom. The zero-order chi connectivity index (χ0) is 23.1. The maximum atomic E-state index is 11.6. The van der Waals surface area contributed by atoms with E-state index in [-0.39, 0.29) is 11.1 Å². The predicted octanol–water partition coefficient (Wildman–Crippen LogP) is 2.60. The van der Waals surface area contributed by atoms with Gasteiger partial charge in [0, 0.05) is 0 Å². The molecule has 0 aliphatic heterocycles. The fraction of sp³-hybridized carbons (Fsp3) is 0.333. The molecule has 0 saturated heterocycles. The van der Waals surface area contributed by atoms with Crippen LogP contribution in [0.25, 0.3) is 0 Å². The van der Waals surface area contributed by atoms with Crippen LogP contribution in [0.5, 0.6) is 0 Å². The molecular formula is C18H18N4O9. The number of rotatable bonds is 12. The van der Waals surface area contributed by atoms with Crippen LogP contribution in [0.3, 0.4) is 0 Å². The summed E-state index contributed by atoms with van der Waals surface area (Å²) in [5, 5.41) is 46.3. The standard InChI is InChI=1S/C18H18N4O9/c23-19(24)17(20(25)26,15-7-3-1-4-8-15)11-13-31-14-12-18(21(27)28,22(29)30)16-9-5-2-6-10-16/h1-10H,11-14H2. The second-order valence-corrected chi connectivity index (χ2v) is 6.51. The fourth-order valence-corrected chi connectivity index (χ4v) is 3.15. The summed E-state index contributed by atoms with van der Waals surface area (Å²) in [5.41, 5.74) is -5.68. The zero-order valence-electron chi connectivity index (χ0n) is 16.1. The molecule has 0 N–H and O–H groups in total. The van der Waals surface area contributed by atoms with Gasteiger partial charge < -0.3 is 4.74 Å². The van der Waals surface area contributed by atoms with E-state index in [0.29, 0.717) is 0 Å². The van der Waals surface area contributed by atoms with Gasteiger partial charge in [0.15, 0.2) is 0 Å². The molecule has 0 fully saturated rings. The molecule has 2 aromatic carbocycles. The summed E-state index contributed by atoms with van der Waals surface area (Å²) >= 11 is 0. The van der Waals surface area contributed by atoms with Crippen LogP contribution in [0.15, 0.2) is 60.7 Å². The number of benzene rings is 2. The van der Waals surface area contributed by atoms with Crippen molar-refractivity contribution in [3.63, 3.8) is 0 Å². The van der Waals surface area contributed by atoms with Crippen LogP contribution in [0, 0.1) is 40.5 Å². The van der Waals surface area contributed by atoms with Gasteiger partial charge in [0.1, 0.15) is 43.7 Å². The summed E-state index contributed by atoms with van der Waals surface area (Å²) < 4.78 is 5.17. The Morgan fingerprint density at radius 3 is 1.13 bits per heavy atom. The summed E-state index contributed by atoms with van der Waals surface area (Å²) in [6, 6.07) is 13.7. The van der Waals surface area contributed by atoms with Gasteiger partial charge in [-0.1, -0.05) is 36.4 Å². The highest BCUT2D eigenvalue weighted by Gasteiger charge is 2.59. The minimum Gasteiger partial charge on any atom is -0.380 e. The normalized spacial score (nSPS) is 11.6. The lowest BCUT2D eigenvalue weighted by atomic mass is 9.97. The maximum Gasteiger partial charge on any atom is 0.486 e. The second kappa shape index (κ2) is 9.67. The Kier molecular flexibility index (Phi) is 7.26. The summed E-state index contributed by atoms with van der Waals surface area (Å²) in [6.45, 7) is -1.03. The lowest BCUT2D eigenvalue weighted by molar-refractivity contribution is -0.812. The van der Waals surface area contributed by atoms with Crippen LogP contribution in [-0.2, 0) is 16.1 Å². The first-order valence-electron chi connectivity index (χ1n) is 8.96. The van der Waals surface area contributed by atoms with Crippen LogP contribution < -0.4 is 0 Å². The van der Waals surface area contributed by atoms with E-state index in [1.807, 2.05) is 0 Å². The predicted molar refractivity (Wildman–Crippen MR) is 104 cm³/mol. The second-order valence-electron chi connectivity index (χ2n) is 6.51. The van der Waals surface area contributed by atoms with Crippen LogP contribution in [-0.4, -0.2) is 32.9 Å². The summed E-state index contributed by atoms with van der Waals surface area (Å²) in [7, 11) is 0. The minimum atomic E-state index is -2.68. The van der Waals surface area contributed by atoms with Crippen molar-refractivity contribution < 1.29 is 24.4 Å². The van der Waals surface area contributed by atoms with Crippen molar-refractivity contribution in [3.05, 3.63) is 112 Å². The van der Waals surface area contributed by atoms with Crippen molar-refractivity contribution in [1.82, 2.24) is 0 Å². The van der Waals surface area contributed by atoms with Crippen molar-refractivity contribution >= 4 is 0 Å². The lowest BCUT2D eigenvalue weighted by Crippen LogP contribution is -2.45. The molecule has 31 heavy (non-hydrogen) atoms. The third-order valence-electron chi connectivity index (χ3n) is 4.87. The smallest absolute Gasteiger partial charge is 0.380 e. The van der Waals surface area contributed by atoms with Gasteiger partial charge in [-0.05, 0) is 24.3 Å². The summed E-state index contributed by atoms with van der Waals surface area (Å²) in [5.74, 6) is 0. The lowest BCUT2D eigenvalue weighted by Gasteiger charge is -2.19. The Hall–Kier alpha value is -4.00. The first kappa shape index (κ1) is 23.3. The Balaban J connectivity index is 2.15. The molecule has 0 aliphatic rings. The van der Waals surface area contributed by atoms with Crippen LogP contribution in [0.1, 0.15) is 24.0 Å². The Bertz CT molecular complexity index is 848. The van der Waals surface area contributed by atoms with Crippen LogP contribution in [0.4, 0.5) is 0 Å². The van der Waals surface area contributed by atoms with Gasteiger partial charge in [0.05, 0.1) is 13.2 Å². The highest BCUT2D eigenvalue weighted by Crippen LogP contribution is 2.31. The van der Waals surface area contributed by atoms with Crippen molar-refractivity contribution in [1.29, 1.82) is 0 Å². The van der Waals surface area contributed by atoms with Crippen LogP contribution >= 0.6 is 0 Å². The molecular weight excluding hydrogens is 416 g/mol. The fourth-order valence-electron chi connectivity index (χ4n) is 3.15. The van der Waals surface area contributed by atoms with Gasteiger partial charge in [-0.2, -0.15) is 0 Å². The van der Waals surface area contributed by atoms with E-state index in [0.717, 1.165) is 0 Å². The van der Waals surface area contributed by atoms with Gasteiger partial charge in [0.2, 0.25) is 0 Å². The van der Waals surface area contributed by atoms with E-state index < -0.39 is 57.1 Å². The molecule has 164 valence electrons. The number of nitro groups is 4. The molecule has 0 amide bonds. The third kappa shape index (κ3) is 4.45. The first-order valence-corrected chi connectivity index (χ1v) is 8.96. The van der Waals surface area contributed by atoms with Gasteiger partial charge in [0.25, 0.3) is 0 Å². The van der Waals surface area contributed by atoms with Crippen molar-refractivity contribution in [2.45, 2.75) is 24.2 Å². The van der Waals surface area contributed by atoms with Crippen molar-refractivity contribution in [2.24, 2.45) is 0 Å². The van der Waals surface area contributed by atoms with Crippen molar-refractivity contribution in [2.75, 3.05) is 13.2 Å². The maximum absolute atomic E-state index is 11.6. The molecule has 13 nitrogen and oxygen atoms in total. The molecule has 0 bridgehead atoms. The topological polar surface area (TPSA) is 182 Å². The van der Waals surface area contributed by atoms with E-state index in [4.69, 9.17) is 4.74 Å². The van der Waals surface area contributed by atoms with Crippen molar-refractivity contribution in [3.8, 4) is 0 Å². The van der Waals surface area contributed by atoms with E-state index >= 15 is 0 Å².